The molecule has 2 atom stereocenters. The van der Waals surface area contributed by atoms with Crippen LogP contribution in [0.4, 0.5) is 0 Å². The van der Waals surface area contributed by atoms with Crippen LogP contribution in [0.25, 0.3) is 0 Å². The highest BCUT2D eigenvalue weighted by Gasteiger charge is 2.26. The van der Waals surface area contributed by atoms with Gasteiger partial charge in [0.2, 0.25) is 0 Å². The predicted molar refractivity (Wildman–Crippen MR) is 73.1 cm³/mol. The Morgan fingerprint density at radius 1 is 1.41 bits per heavy atom. The third-order valence-electron chi connectivity index (χ3n) is 3.68. The van der Waals surface area contributed by atoms with Gasteiger partial charge in [0.25, 0.3) is 0 Å². The van der Waals surface area contributed by atoms with E-state index >= 15 is 0 Å². The molecule has 0 radical (unpaired) electrons. The van der Waals surface area contributed by atoms with E-state index in [1.165, 1.54) is 25.7 Å². The van der Waals surface area contributed by atoms with Crippen LogP contribution in [-0.2, 0) is 4.74 Å². The first-order chi connectivity index (χ1) is 8.06. The van der Waals surface area contributed by atoms with Gasteiger partial charge in [0.15, 0.2) is 0 Å². The van der Waals surface area contributed by atoms with Crippen molar-refractivity contribution < 1.29 is 4.74 Å². The summed E-state index contributed by atoms with van der Waals surface area (Å²) in [6, 6.07) is 0. The van der Waals surface area contributed by atoms with Gasteiger partial charge in [-0.3, -0.25) is 0 Å². The van der Waals surface area contributed by atoms with Gasteiger partial charge >= 0.3 is 0 Å². The molecule has 3 heteroatoms. The molecule has 2 unspecified atom stereocenters. The van der Waals surface area contributed by atoms with Crippen LogP contribution in [0.1, 0.15) is 46.5 Å². The molecule has 1 aliphatic heterocycles. The fourth-order valence-electron chi connectivity index (χ4n) is 2.65. The van der Waals surface area contributed by atoms with Crippen LogP contribution in [0.3, 0.4) is 0 Å². The van der Waals surface area contributed by atoms with Crippen molar-refractivity contribution in [1.82, 2.24) is 5.32 Å². The summed E-state index contributed by atoms with van der Waals surface area (Å²) < 4.78 is 5.55. The molecular weight excluding hydrogens is 212 g/mol. The number of ether oxygens (including phenoxy) is 1. The molecule has 1 aliphatic rings. The number of hydrogen-bond acceptors (Lipinski definition) is 3. The van der Waals surface area contributed by atoms with Crippen LogP contribution in [0.2, 0.25) is 0 Å². The zero-order chi connectivity index (χ0) is 12.7. The molecule has 1 rings (SSSR count). The maximum absolute atomic E-state index is 5.82. The Kier molecular flexibility index (Phi) is 6.45. The molecule has 0 aromatic heterocycles. The summed E-state index contributed by atoms with van der Waals surface area (Å²) in [4.78, 5) is 0. The molecule has 1 fully saturated rings. The molecule has 0 aromatic carbocycles. The van der Waals surface area contributed by atoms with E-state index in [9.17, 15) is 0 Å². The molecule has 0 amide bonds. The lowest BCUT2D eigenvalue weighted by Gasteiger charge is -2.35. The summed E-state index contributed by atoms with van der Waals surface area (Å²) in [7, 11) is 0. The largest absolute Gasteiger partial charge is 0.380 e. The van der Waals surface area contributed by atoms with Crippen LogP contribution in [-0.4, -0.2) is 31.8 Å². The van der Waals surface area contributed by atoms with Gasteiger partial charge in [-0.1, -0.05) is 13.8 Å². The Bertz CT molecular complexity index is 200. The average molecular weight is 242 g/mol. The highest BCUT2D eigenvalue weighted by atomic mass is 16.5. The van der Waals surface area contributed by atoms with Gasteiger partial charge in [-0.15, -0.1) is 0 Å². The lowest BCUT2D eigenvalue weighted by molar-refractivity contribution is 0.0281. The van der Waals surface area contributed by atoms with Crippen molar-refractivity contribution in [2.75, 3.05) is 26.3 Å². The quantitative estimate of drug-likeness (QED) is 0.719. The van der Waals surface area contributed by atoms with Crippen molar-refractivity contribution in [2.24, 2.45) is 17.6 Å². The topological polar surface area (TPSA) is 47.3 Å². The van der Waals surface area contributed by atoms with Crippen LogP contribution < -0.4 is 11.1 Å². The van der Waals surface area contributed by atoms with E-state index < -0.39 is 0 Å². The Morgan fingerprint density at radius 3 is 2.71 bits per heavy atom. The summed E-state index contributed by atoms with van der Waals surface area (Å²) in [6.07, 6.45) is 4.83. The van der Waals surface area contributed by atoms with E-state index in [1.807, 2.05) is 0 Å². The summed E-state index contributed by atoms with van der Waals surface area (Å²) in [6.45, 7) is 10.5. The standard InChI is InChI=1S/C14H30N2O/c1-12(2)9-13(10-15)5-7-16-14(3)6-4-8-17-11-14/h12-13,16H,4-11,15H2,1-3H3. The van der Waals surface area contributed by atoms with Gasteiger partial charge in [-0.05, 0) is 57.5 Å². The second kappa shape index (κ2) is 7.34. The number of nitrogens with two attached hydrogens (primary N) is 1. The highest BCUT2D eigenvalue weighted by Crippen LogP contribution is 2.19. The van der Waals surface area contributed by atoms with Gasteiger partial charge in [-0.2, -0.15) is 0 Å². The SMILES string of the molecule is CC(C)CC(CN)CCNC1(C)CCCOC1. The van der Waals surface area contributed by atoms with E-state index in [1.54, 1.807) is 0 Å². The zero-order valence-electron chi connectivity index (χ0n) is 11.8. The minimum atomic E-state index is 0.190. The van der Waals surface area contributed by atoms with Crippen molar-refractivity contribution in [1.29, 1.82) is 0 Å². The van der Waals surface area contributed by atoms with Crippen molar-refractivity contribution in [2.45, 2.75) is 52.0 Å². The Hall–Kier alpha value is -0.120. The average Bonchev–Trinajstić information content (AvgIpc) is 2.28. The van der Waals surface area contributed by atoms with Gasteiger partial charge in [0.05, 0.1) is 6.61 Å². The molecule has 102 valence electrons. The maximum atomic E-state index is 5.82. The highest BCUT2D eigenvalue weighted by molar-refractivity contribution is 4.85. The van der Waals surface area contributed by atoms with Crippen LogP contribution in [0, 0.1) is 11.8 Å². The van der Waals surface area contributed by atoms with Gasteiger partial charge in [-0.25, -0.2) is 0 Å². The molecule has 0 spiro atoms. The molecule has 0 bridgehead atoms. The van der Waals surface area contributed by atoms with Crippen molar-refractivity contribution >= 4 is 0 Å². The lowest BCUT2D eigenvalue weighted by Crippen LogP contribution is -2.49. The third kappa shape index (κ3) is 5.84. The van der Waals surface area contributed by atoms with E-state index in [4.69, 9.17) is 10.5 Å². The number of rotatable bonds is 7. The molecule has 1 heterocycles. The van der Waals surface area contributed by atoms with Gasteiger partial charge in [0.1, 0.15) is 0 Å². The Morgan fingerprint density at radius 2 is 2.18 bits per heavy atom. The van der Waals surface area contributed by atoms with Crippen molar-refractivity contribution in [3.8, 4) is 0 Å². The smallest absolute Gasteiger partial charge is 0.0645 e. The Labute approximate surface area is 106 Å². The second-order valence-electron chi connectivity index (χ2n) is 6.16. The summed E-state index contributed by atoms with van der Waals surface area (Å²) in [5, 5.41) is 3.66. The summed E-state index contributed by atoms with van der Waals surface area (Å²) in [5.41, 5.74) is 6.01. The number of hydrogen-bond donors (Lipinski definition) is 2. The first kappa shape index (κ1) is 14.9. The Balaban J connectivity index is 2.20. The molecule has 0 aromatic rings. The summed E-state index contributed by atoms with van der Waals surface area (Å²) >= 11 is 0. The first-order valence-corrected chi connectivity index (χ1v) is 7.08. The minimum absolute atomic E-state index is 0.190. The maximum Gasteiger partial charge on any atom is 0.0645 e. The molecule has 0 saturated carbocycles. The molecule has 3 N–H and O–H groups in total. The van der Waals surface area contributed by atoms with Gasteiger partial charge < -0.3 is 15.8 Å². The van der Waals surface area contributed by atoms with Gasteiger partial charge in [0, 0.05) is 12.1 Å². The fourth-order valence-corrected chi connectivity index (χ4v) is 2.65. The van der Waals surface area contributed by atoms with Crippen LogP contribution in [0.5, 0.6) is 0 Å². The second-order valence-corrected chi connectivity index (χ2v) is 6.16. The molecule has 0 aliphatic carbocycles. The molecular formula is C14H30N2O. The molecule has 17 heavy (non-hydrogen) atoms. The molecule has 1 saturated heterocycles. The van der Waals surface area contributed by atoms with Crippen molar-refractivity contribution in [3.63, 3.8) is 0 Å². The molecule has 3 nitrogen and oxygen atoms in total. The van der Waals surface area contributed by atoms with E-state index in [0.29, 0.717) is 5.92 Å². The van der Waals surface area contributed by atoms with Crippen molar-refractivity contribution in [3.05, 3.63) is 0 Å². The third-order valence-corrected chi connectivity index (χ3v) is 3.68. The monoisotopic (exact) mass is 242 g/mol. The van der Waals surface area contributed by atoms with Crippen LogP contribution in [0.15, 0.2) is 0 Å². The summed E-state index contributed by atoms with van der Waals surface area (Å²) in [5.74, 6) is 1.41. The number of nitrogens with one attached hydrogen (secondary N) is 1. The predicted octanol–water partition coefficient (Wildman–Crippen LogP) is 2.16. The zero-order valence-corrected chi connectivity index (χ0v) is 11.8. The minimum Gasteiger partial charge on any atom is -0.380 e. The lowest BCUT2D eigenvalue weighted by atomic mass is 9.92. The van der Waals surface area contributed by atoms with E-state index in [-0.39, 0.29) is 5.54 Å². The first-order valence-electron chi connectivity index (χ1n) is 7.08. The van der Waals surface area contributed by atoms with E-state index in [2.05, 4.69) is 26.1 Å². The normalized spacial score (nSPS) is 27.4. The fraction of sp³-hybridized carbons (Fsp3) is 1.00. The van der Waals surface area contributed by atoms with E-state index in [0.717, 1.165) is 32.2 Å². The van der Waals surface area contributed by atoms with Crippen LogP contribution >= 0.6 is 0 Å².